The van der Waals surface area contributed by atoms with E-state index in [2.05, 4.69) is 4.98 Å². The van der Waals surface area contributed by atoms with E-state index in [4.69, 9.17) is 4.74 Å². The summed E-state index contributed by atoms with van der Waals surface area (Å²) in [6, 6.07) is 3.69. The first-order valence-electron chi connectivity index (χ1n) is 8.08. The number of aliphatic hydroxyl groups excluding tert-OH is 1. The second-order valence-electron chi connectivity index (χ2n) is 6.41. The number of piperidine rings is 1. The molecular weight excluding hydrogens is 280 g/mol. The summed E-state index contributed by atoms with van der Waals surface area (Å²) in [6.45, 7) is 5.92. The van der Waals surface area contributed by atoms with Crippen LogP contribution in [0.1, 0.15) is 42.2 Å². The minimum absolute atomic E-state index is 0.0316. The molecule has 1 amide bonds. The van der Waals surface area contributed by atoms with E-state index >= 15 is 0 Å². The molecular formula is C17H24N2O3. The lowest BCUT2D eigenvalue weighted by Crippen LogP contribution is -2.62. The highest BCUT2D eigenvalue weighted by atomic mass is 16.5. The Morgan fingerprint density at radius 2 is 2.18 bits per heavy atom. The van der Waals surface area contributed by atoms with Gasteiger partial charge in [0.15, 0.2) is 0 Å². The first kappa shape index (κ1) is 15.4. The zero-order chi connectivity index (χ0) is 15.7. The van der Waals surface area contributed by atoms with Crippen LogP contribution in [0.15, 0.2) is 18.3 Å². The van der Waals surface area contributed by atoms with Crippen molar-refractivity contribution in [2.75, 3.05) is 19.7 Å². The van der Waals surface area contributed by atoms with E-state index in [-0.39, 0.29) is 23.5 Å². The van der Waals surface area contributed by atoms with Gasteiger partial charge in [-0.3, -0.25) is 9.78 Å². The SMILES string of the molecule is CCO[C@@H]1C[C@@H](O)C12CCN(C(=O)c1ccc(C)nc1)CC2. The molecule has 2 atom stereocenters. The Morgan fingerprint density at radius 1 is 1.45 bits per heavy atom. The Hall–Kier alpha value is -1.46. The molecule has 5 heteroatoms. The molecule has 1 aromatic heterocycles. The molecule has 1 N–H and O–H groups in total. The summed E-state index contributed by atoms with van der Waals surface area (Å²) in [5.74, 6) is 0.0316. The standard InChI is InChI=1S/C17H24N2O3/c1-3-22-15-10-14(20)17(15)6-8-19(9-7-17)16(21)13-5-4-12(2)18-11-13/h4-5,11,14-15,20H,3,6-10H2,1-2H3/t14-,15-/m1/s1. The topological polar surface area (TPSA) is 62.7 Å². The van der Waals surface area contributed by atoms with Crippen LogP contribution in [0.25, 0.3) is 0 Å². The van der Waals surface area contributed by atoms with Crippen LogP contribution in [0.3, 0.4) is 0 Å². The van der Waals surface area contributed by atoms with Crippen molar-refractivity contribution in [2.24, 2.45) is 5.41 Å². The zero-order valence-corrected chi connectivity index (χ0v) is 13.3. The molecule has 120 valence electrons. The first-order chi connectivity index (χ1) is 10.6. The predicted molar refractivity (Wildman–Crippen MR) is 82.6 cm³/mol. The van der Waals surface area contributed by atoms with Crippen LogP contribution in [0.2, 0.25) is 0 Å². The molecule has 3 rings (SSSR count). The van der Waals surface area contributed by atoms with Crippen LogP contribution < -0.4 is 0 Å². The van der Waals surface area contributed by atoms with Crippen LogP contribution in [-0.4, -0.2) is 52.8 Å². The van der Waals surface area contributed by atoms with Crippen molar-refractivity contribution in [3.05, 3.63) is 29.6 Å². The van der Waals surface area contributed by atoms with Crippen molar-refractivity contribution in [3.8, 4) is 0 Å². The summed E-state index contributed by atoms with van der Waals surface area (Å²) in [5.41, 5.74) is 1.40. The van der Waals surface area contributed by atoms with Gasteiger partial charge in [0.2, 0.25) is 0 Å². The monoisotopic (exact) mass is 304 g/mol. The molecule has 2 heterocycles. The smallest absolute Gasteiger partial charge is 0.255 e. The van der Waals surface area contributed by atoms with Crippen molar-refractivity contribution in [3.63, 3.8) is 0 Å². The number of carbonyl (C=O) groups excluding carboxylic acids is 1. The number of carbonyl (C=O) groups is 1. The van der Waals surface area contributed by atoms with Crippen LogP contribution in [0, 0.1) is 12.3 Å². The lowest BCUT2D eigenvalue weighted by molar-refractivity contribution is -0.207. The summed E-state index contributed by atoms with van der Waals surface area (Å²) in [7, 11) is 0. The van der Waals surface area contributed by atoms with Gasteiger partial charge in [-0.1, -0.05) is 0 Å². The Morgan fingerprint density at radius 3 is 2.73 bits per heavy atom. The Balaban J connectivity index is 1.64. The molecule has 22 heavy (non-hydrogen) atoms. The third kappa shape index (κ3) is 2.52. The highest BCUT2D eigenvalue weighted by Crippen LogP contribution is 2.51. The van der Waals surface area contributed by atoms with Gasteiger partial charge >= 0.3 is 0 Å². The zero-order valence-electron chi connectivity index (χ0n) is 13.3. The van der Waals surface area contributed by atoms with Crippen molar-refractivity contribution in [1.82, 2.24) is 9.88 Å². The van der Waals surface area contributed by atoms with Gasteiger partial charge in [0.25, 0.3) is 5.91 Å². The number of hydrogen-bond donors (Lipinski definition) is 1. The second kappa shape index (κ2) is 5.97. The Bertz CT molecular complexity index is 533. The molecule has 1 saturated heterocycles. The van der Waals surface area contributed by atoms with Crippen molar-refractivity contribution >= 4 is 5.91 Å². The van der Waals surface area contributed by atoms with E-state index in [9.17, 15) is 9.90 Å². The first-order valence-corrected chi connectivity index (χ1v) is 8.08. The van der Waals surface area contributed by atoms with E-state index in [0.717, 1.165) is 25.0 Å². The normalized spacial score (nSPS) is 26.8. The molecule has 5 nitrogen and oxygen atoms in total. The number of rotatable bonds is 3. The quantitative estimate of drug-likeness (QED) is 0.924. The molecule has 0 unspecified atom stereocenters. The van der Waals surface area contributed by atoms with E-state index in [1.54, 1.807) is 6.20 Å². The molecule has 2 aliphatic rings. The molecule has 1 spiro atoms. The number of ether oxygens (including phenoxy) is 1. The highest BCUT2D eigenvalue weighted by molar-refractivity contribution is 5.94. The maximum Gasteiger partial charge on any atom is 0.255 e. The number of pyridine rings is 1. The van der Waals surface area contributed by atoms with Crippen molar-refractivity contribution in [1.29, 1.82) is 0 Å². The largest absolute Gasteiger partial charge is 0.392 e. The van der Waals surface area contributed by atoms with Crippen LogP contribution >= 0.6 is 0 Å². The number of aromatic nitrogens is 1. The summed E-state index contributed by atoms with van der Waals surface area (Å²) in [4.78, 5) is 18.6. The van der Waals surface area contributed by atoms with E-state index in [1.165, 1.54) is 0 Å². The number of aryl methyl sites for hydroxylation is 1. The van der Waals surface area contributed by atoms with Gasteiger partial charge in [0.1, 0.15) is 0 Å². The average molecular weight is 304 g/mol. The molecule has 1 aliphatic heterocycles. The molecule has 0 bridgehead atoms. The number of aliphatic hydroxyl groups is 1. The van der Waals surface area contributed by atoms with Crippen molar-refractivity contribution < 1.29 is 14.6 Å². The fourth-order valence-corrected chi connectivity index (χ4v) is 3.72. The lowest BCUT2D eigenvalue weighted by atomic mass is 9.58. The van der Waals surface area contributed by atoms with E-state index < -0.39 is 0 Å². The van der Waals surface area contributed by atoms with Gasteiger partial charge < -0.3 is 14.7 Å². The van der Waals surface area contributed by atoms with Gasteiger partial charge in [-0.2, -0.15) is 0 Å². The molecule has 1 aliphatic carbocycles. The molecule has 0 radical (unpaired) electrons. The second-order valence-corrected chi connectivity index (χ2v) is 6.41. The number of hydrogen-bond acceptors (Lipinski definition) is 4. The van der Waals surface area contributed by atoms with Crippen molar-refractivity contribution in [2.45, 2.75) is 45.3 Å². The summed E-state index contributed by atoms with van der Waals surface area (Å²) in [5, 5.41) is 10.2. The average Bonchev–Trinajstić information content (AvgIpc) is 2.55. The third-order valence-corrected chi connectivity index (χ3v) is 5.25. The Labute approximate surface area is 131 Å². The molecule has 0 aromatic carbocycles. The summed E-state index contributed by atoms with van der Waals surface area (Å²) < 4.78 is 5.76. The summed E-state index contributed by atoms with van der Waals surface area (Å²) >= 11 is 0. The highest BCUT2D eigenvalue weighted by Gasteiger charge is 2.56. The molecule has 1 aromatic rings. The number of nitrogens with zero attached hydrogens (tertiary/aromatic N) is 2. The fraction of sp³-hybridized carbons (Fsp3) is 0.647. The van der Waals surface area contributed by atoms with E-state index in [1.807, 2.05) is 30.9 Å². The molecule has 1 saturated carbocycles. The van der Waals surface area contributed by atoms with Crippen LogP contribution in [0.4, 0.5) is 0 Å². The van der Waals surface area contributed by atoms with Gasteiger partial charge in [0.05, 0.1) is 17.8 Å². The van der Waals surface area contributed by atoms with Crippen LogP contribution in [-0.2, 0) is 4.74 Å². The third-order valence-electron chi connectivity index (χ3n) is 5.25. The number of amides is 1. The summed E-state index contributed by atoms with van der Waals surface area (Å²) in [6.07, 6.45) is 3.84. The Kier molecular flexibility index (Phi) is 4.19. The minimum Gasteiger partial charge on any atom is -0.392 e. The van der Waals surface area contributed by atoms with Gasteiger partial charge in [-0.25, -0.2) is 0 Å². The molecule has 2 fully saturated rings. The van der Waals surface area contributed by atoms with Gasteiger partial charge in [0, 0.05) is 43.4 Å². The van der Waals surface area contributed by atoms with E-state index in [0.29, 0.717) is 25.3 Å². The maximum absolute atomic E-state index is 12.5. The minimum atomic E-state index is -0.289. The van der Waals surface area contributed by atoms with Crippen LogP contribution in [0.5, 0.6) is 0 Å². The van der Waals surface area contributed by atoms with Gasteiger partial charge in [-0.05, 0) is 38.8 Å². The van der Waals surface area contributed by atoms with Gasteiger partial charge in [-0.15, -0.1) is 0 Å². The lowest BCUT2D eigenvalue weighted by Gasteiger charge is -2.56. The predicted octanol–water partition coefficient (Wildman–Crippen LogP) is 1.78. The maximum atomic E-state index is 12.5. The fourth-order valence-electron chi connectivity index (χ4n) is 3.72. The number of likely N-dealkylation sites (tertiary alicyclic amines) is 1.